The van der Waals surface area contributed by atoms with Crippen LogP contribution in [0.3, 0.4) is 0 Å². The van der Waals surface area contributed by atoms with E-state index in [1.807, 2.05) is 6.07 Å². The van der Waals surface area contributed by atoms with Gasteiger partial charge in [0.15, 0.2) is 5.13 Å². The van der Waals surface area contributed by atoms with Crippen molar-refractivity contribution in [2.75, 3.05) is 37.6 Å². The van der Waals surface area contributed by atoms with E-state index in [1.165, 1.54) is 0 Å². The molecule has 9 heteroatoms. The number of nitriles is 1. The zero-order valence-corrected chi connectivity index (χ0v) is 20.5. The molecule has 2 aromatic heterocycles. The molecule has 1 aliphatic rings. The van der Waals surface area contributed by atoms with Crippen LogP contribution >= 0.6 is 22.7 Å². The third-order valence-electron chi connectivity index (χ3n) is 5.54. The highest BCUT2D eigenvalue weighted by Gasteiger charge is 2.24. The number of aromatic nitrogens is 2. The highest BCUT2D eigenvalue weighted by atomic mass is 32.1. The van der Waals surface area contributed by atoms with Crippen molar-refractivity contribution in [3.8, 4) is 27.9 Å². The van der Waals surface area contributed by atoms with Crippen molar-refractivity contribution in [2.45, 2.75) is 26.2 Å². The molecule has 0 aliphatic carbocycles. The van der Waals surface area contributed by atoms with Gasteiger partial charge in [0.2, 0.25) is 5.91 Å². The van der Waals surface area contributed by atoms with Crippen LogP contribution in [0.2, 0.25) is 0 Å². The summed E-state index contributed by atoms with van der Waals surface area (Å²) in [5.41, 5.74) is 3.10. The molecule has 2 N–H and O–H groups in total. The van der Waals surface area contributed by atoms with Crippen LogP contribution in [-0.4, -0.2) is 48.6 Å². The number of anilines is 1. The summed E-state index contributed by atoms with van der Waals surface area (Å²) < 4.78 is 0. The van der Waals surface area contributed by atoms with Gasteiger partial charge < -0.3 is 15.5 Å². The molecule has 33 heavy (non-hydrogen) atoms. The van der Waals surface area contributed by atoms with Crippen LogP contribution in [0, 0.1) is 17.2 Å². The van der Waals surface area contributed by atoms with Gasteiger partial charge in [-0.05, 0) is 12.3 Å². The lowest BCUT2D eigenvalue weighted by molar-refractivity contribution is -0.122. The van der Waals surface area contributed by atoms with E-state index in [2.05, 4.69) is 64.0 Å². The fourth-order valence-electron chi connectivity index (χ4n) is 3.84. The van der Waals surface area contributed by atoms with Gasteiger partial charge in [-0.2, -0.15) is 5.26 Å². The molecule has 172 valence electrons. The van der Waals surface area contributed by atoms with Crippen molar-refractivity contribution in [2.24, 2.45) is 5.92 Å². The second-order valence-electron chi connectivity index (χ2n) is 8.46. The molecule has 1 amide bonds. The van der Waals surface area contributed by atoms with E-state index in [4.69, 9.17) is 10.2 Å². The normalized spacial score (nSPS) is 14.8. The lowest BCUT2D eigenvalue weighted by atomic mass is 9.95. The molecule has 1 unspecified atom stereocenters. The van der Waals surface area contributed by atoms with Gasteiger partial charge in [0.05, 0.1) is 17.7 Å². The summed E-state index contributed by atoms with van der Waals surface area (Å²) >= 11 is 3.23. The average Bonchev–Trinajstić information content (AvgIpc) is 3.52. The topological polar surface area (TPSA) is 93.9 Å². The van der Waals surface area contributed by atoms with Crippen LogP contribution in [0.1, 0.15) is 31.1 Å². The molecule has 7 nitrogen and oxygen atoms in total. The summed E-state index contributed by atoms with van der Waals surface area (Å²) in [7, 11) is 0. The molecule has 1 saturated heterocycles. The monoisotopic (exact) mass is 480 g/mol. The number of nitrogens with one attached hydrogen (secondary N) is 2. The molecule has 0 saturated carbocycles. The quantitative estimate of drug-likeness (QED) is 0.471. The highest BCUT2D eigenvalue weighted by molar-refractivity contribution is 7.15. The summed E-state index contributed by atoms with van der Waals surface area (Å²) in [6.07, 6.45) is 2.52. The molecule has 0 radical (unpaired) electrons. The summed E-state index contributed by atoms with van der Waals surface area (Å²) in [4.78, 5) is 25.3. The number of hydrogen-bond donors (Lipinski definition) is 2. The summed E-state index contributed by atoms with van der Waals surface area (Å²) in [6, 6.07) is 10.3. The van der Waals surface area contributed by atoms with E-state index in [-0.39, 0.29) is 18.4 Å². The Morgan fingerprint density at radius 3 is 2.67 bits per heavy atom. The molecule has 3 heterocycles. The SMILES string of the molecule is CC(C)CC(C(=O)NCC#N)c1cnc(-c2ccc(-c3csc(N4CCNCC4)n3)cc2)s1. The van der Waals surface area contributed by atoms with Crippen LogP contribution in [-0.2, 0) is 4.79 Å². The molecule has 1 aliphatic heterocycles. The molecule has 1 fully saturated rings. The number of carbonyl (C=O) groups excluding carboxylic acids is 1. The van der Waals surface area contributed by atoms with Crippen molar-refractivity contribution < 1.29 is 4.79 Å². The van der Waals surface area contributed by atoms with E-state index in [9.17, 15) is 4.79 Å². The van der Waals surface area contributed by atoms with Gasteiger partial charge in [0, 0.05) is 53.8 Å². The number of piperazine rings is 1. The zero-order valence-electron chi connectivity index (χ0n) is 18.9. The fraction of sp³-hybridized carbons (Fsp3) is 0.417. The van der Waals surface area contributed by atoms with Gasteiger partial charge in [-0.15, -0.1) is 22.7 Å². The maximum absolute atomic E-state index is 12.6. The number of benzene rings is 1. The molecule has 1 aromatic carbocycles. The predicted molar refractivity (Wildman–Crippen MR) is 135 cm³/mol. The van der Waals surface area contributed by atoms with Crippen molar-refractivity contribution in [1.82, 2.24) is 20.6 Å². The summed E-state index contributed by atoms with van der Waals surface area (Å²) in [5, 5.41) is 18.9. The van der Waals surface area contributed by atoms with Crippen molar-refractivity contribution in [3.63, 3.8) is 0 Å². The first kappa shape index (κ1) is 23.4. The van der Waals surface area contributed by atoms with Crippen molar-refractivity contribution >= 4 is 33.7 Å². The summed E-state index contributed by atoms with van der Waals surface area (Å²) in [6.45, 7) is 8.19. The highest BCUT2D eigenvalue weighted by Crippen LogP contribution is 2.34. The van der Waals surface area contributed by atoms with Gasteiger partial charge in [0.25, 0.3) is 0 Å². The second-order valence-corrected chi connectivity index (χ2v) is 10.4. The number of carbonyl (C=O) groups is 1. The largest absolute Gasteiger partial charge is 0.346 e. The predicted octanol–water partition coefficient (Wildman–Crippen LogP) is 4.11. The van der Waals surface area contributed by atoms with Crippen LogP contribution in [0.25, 0.3) is 21.8 Å². The minimum Gasteiger partial charge on any atom is -0.346 e. The number of nitrogens with zero attached hydrogens (tertiary/aromatic N) is 4. The Morgan fingerprint density at radius 2 is 1.97 bits per heavy atom. The Morgan fingerprint density at radius 1 is 1.24 bits per heavy atom. The zero-order chi connectivity index (χ0) is 23.2. The Labute approximate surface area is 202 Å². The van der Waals surface area contributed by atoms with Crippen molar-refractivity contribution in [3.05, 3.63) is 40.7 Å². The Balaban J connectivity index is 1.49. The van der Waals surface area contributed by atoms with Gasteiger partial charge in [-0.25, -0.2) is 9.97 Å². The molecule has 0 spiro atoms. The van der Waals surface area contributed by atoms with Gasteiger partial charge in [0.1, 0.15) is 11.6 Å². The third kappa shape index (κ3) is 5.77. The third-order valence-corrected chi connectivity index (χ3v) is 7.60. The molecule has 1 atom stereocenters. The first-order valence-electron chi connectivity index (χ1n) is 11.2. The maximum atomic E-state index is 12.6. The fourth-order valence-corrected chi connectivity index (χ4v) is 5.76. The van der Waals surface area contributed by atoms with Gasteiger partial charge in [-0.1, -0.05) is 38.1 Å². The standard InChI is InChI=1S/C24H28N6OS2/c1-16(2)13-19(22(31)27-8-7-25)21-14-28-23(33-21)18-5-3-17(4-6-18)20-15-32-24(29-20)30-11-9-26-10-12-30/h3-6,14-16,19,26H,8-13H2,1-2H3,(H,27,31). The van der Waals surface area contributed by atoms with Crippen LogP contribution in [0.5, 0.6) is 0 Å². The van der Waals surface area contributed by atoms with E-state index < -0.39 is 0 Å². The molecular weight excluding hydrogens is 452 g/mol. The molecule has 3 aromatic rings. The summed E-state index contributed by atoms with van der Waals surface area (Å²) in [5.74, 6) is -0.0428. The Kier molecular flexibility index (Phi) is 7.70. The average molecular weight is 481 g/mol. The minimum atomic E-state index is -0.290. The van der Waals surface area contributed by atoms with E-state index >= 15 is 0 Å². The molecule has 0 bridgehead atoms. The number of rotatable bonds is 8. The Hall–Kier alpha value is -2.80. The van der Waals surface area contributed by atoms with E-state index in [0.717, 1.165) is 64.4 Å². The van der Waals surface area contributed by atoms with Gasteiger partial charge in [-0.3, -0.25) is 4.79 Å². The minimum absolute atomic E-state index is 0.0214. The number of thiazole rings is 2. The first-order valence-corrected chi connectivity index (χ1v) is 12.9. The Bertz CT molecular complexity index is 1110. The lowest BCUT2D eigenvalue weighted by Gasteiger charge is -2.26. The first-order chi connectivity index (χ1) is 16.0. The van der Waals surface area contributed by atoms with Crippen molar-refractivity contribution in [1.29, 1.82) is 5.26 Å². The lowest BCUT2D eigenvalue weighted by Crippen LogP contribution is -2.43. The van der Waals surface area contributed by atoms with Gasteiger partial charge >= 0.3 is 0 Å². The molecule has 4 rings (SSSR count). The molecular formula is C24H28N6OS2. The number of hydrogen-bond acceptors (Lipinski definition) is 8. The second kappa shape index (κ2) is 10.9. The number of amides is 1. The van der Waals surface area contributed by atoms with E-state index in [0.29, 0.717) is 5.92 Å². The van der Waals surface area contributed by atoms with E-state index in [1.54, 1.807) is 28.9 Å². The van der Waals surface area contributed by atoms with Crippen LogP contribution < -0.4 is 15.5 Å². The van der Waals surface area contributed by atoms with Crippen LogP contribution in [0.4, 0.5) is 5.13 Å². The van der Waals surface area contributed by atoms with Crippen LogP contribution in [0.15, 0.2) is 35.8 Å². The maximum Gasteiger partial charge on any atom is 0.229 e. The smallest absolute Gasteiger partial charge is 0.229 e.